The molecule has 1 unspecified atom stereocenters. The third-order valence-corrected chi connectivity index (χ3v) is 2.88. The van der Waals surface area contributed by atoms with Crippen LogP contribution >= 0.6 is 0 Å². The molecule has 0 aromatic heterocycles. The van der Waals surface area contributed by atoms with Gasteiger partial charge < -0.3 is 16.2 Å². The molecule has 1 saturated carbocycles. The summed E-state index contributed by atoms with van der Waals surface area (Å²) in [4.78, 5) is 32.5. The number of rotatable bonds is 7. The van der Waals surface area contributed by atoms with Gasteiger partial charge in [-0.05, 0) is 19.3 Å². The second kappa shape index (κ2) is 6.34. The number of Topliss-reactive ketones (excluding diaryl/α,β-unsaturated/α-hetero) is 1. The van der Waals surface area contributed by atoms with Crippen LogP contribution in [0.2, 0.25) is 0 Å². The van der Waals surface area contributed by atoms with Gasteiger partial charge in [-0.15, -0.1) is 0 Å². The number of aliphatic carboxylic acids is 1. The van der Waals surface area contributed by atoms with Crippen LogP contribution in [0.25, 0.3) is 0 Å². The number of carbonyl (C=O) groups excluding carboxylic acids is 2. The zero-order valence-electron chi connectivity index (χ0n) is 9.65. The minimum Gasteiger partial charge on any atom is -0.480 e. The number of nitrogens with one attached hydrogen (secondary N) is 1. The SMILES string of the molecule is NC(CCCCNC(=O)C1CC(=O)C1)C(=O)O. The summed E-state index contributed by atoms with van der Waals surface area (Å²) in [6.45, 7) is 0.510. The summed E-state index contributed by atoms with van der Waals surface area (Å²) in [7, 11) is 0. The first kappa shape index (κ1) is 13.6. The molecule has 0 aliphatic heterocycles. The second-order valence-corrected chi connectivity index (χ2v) is 4.38. The van der Waals surface area contributed by atoms with Crippen LogP contribution in [0.3, 0.4) is 0 Å². The van der Waals surface area contributed by atoms with Gasteiger partial charge in [-0.25, -0.2) is 0 Å². The van der Waals surface area contributed by atoms with E-state index >= 15 is 0 Å². The normalized spacial score (nSPS) is 17.4. The van der Waals surface area contributed by atoms with E-state index in [0.29, 0.717) is 38.6 Å². The number of hydrogen-bond acceptors (Lipinski definition) is 4. The quantitative estimate of drug-likeness (QED) is 0.529. The van der Waals surface area contributed by atoms with Crippen molar-refractivity contribution in [2.45, 2.75) is 38.1 Å². The van der Waals surface area contributed by atoms with E-state index in [9.17, 15) is 14.4 Å². The van der Waals surface area contributed by atoms with Crippen molar-refractivity contribution in [2.24, 2.45) is 11.7 Å². The van der Waals surface area contributed by atoms with E-state index in [1.165, 1.54) is 0 Å². The Kier molecular flexibility index (Phi) is 5.09. The van der Waals surface area contributed by atoms with Crippen LogP contribution in [-0.4, -0.2) is 35.4 Å². The van der Waals surface area contributed by atoms with Gasteiger partial charge in [0.2, 0.25) is 5.91 Å². The highest BCUT2D eigenvalue weighted by Crippen LogP contribution is 2.22. The summed E-state index contributed by atoms with van der Waals surface area (Å²) in [5.41, 5.74) is 5.33. The Hall–Kier alpha value is -1.43. The lowest BCUT2D eigenvalue weighted by atomic mass is 9.83. The molecule has 1 aliphatic carbocycles. The molecule has 17 heavy (non-hydrogen) atoms. The van der Waals surface area contributed by atoms with E-state index < -0.39 is 12.0 Å². The molecule has 6 heteroatoms. The van der Waals surface area contributed by atoms with E-state index in [1.807, 2.05) is 0 Å². The smallest absolute Gasteiger partial charge is 0.320 e. The standard InChI is InChI=1S/C11H18N2O4/c12-9(11(16)17)3-1-2-4-13-10(15)7-5-8(14)6-7/h7,9H,1-6,12H2,(H,13,15)(H,16,17). The number of unbranched alkanes of at least 4 members (excludes halogenated alkanes) is 1. The van der Waals surface area contributed by atoms with E-state index in [4.69, 9.17) is 10.8 Å². The molecule has 4 N–H and O–H groups in total. The van der Waals surface area contributed by atoms with Crippen molar-refractivity contribution in [2.75, 3.05) is 6.54 Å². The van der Waals surface area contributed by atoms with Crippen LogP contribution in [0.5, 0.6) is 0 Å². The monoisotopic (exact) mass is 242 g/mol. The number of carbonyl (C=O) groups is 3. The molecule has 1 aliphatic rings. The third kappa shape index (κ3) is 4.52. The highest BCUT2D eigenvalue weighted by Gasteiger charge is 2.32. The van der Waals surface area contributed by atoms with E-state index in [-0.39, 0.29) is 17.6 Å². The van der Waals surface area contributed by atoms with Gasteiger partial charge in [0.1, 0.15) is 11.8 Å². The summed E-state index contributed by atoms with van der Waals surface area (Å²) < 4.78 is 0. The van der Waals surface area contributed by atoms with Crippen LogP contribution < -0.4 is 11.1 Å². The molecule has 1 fully saturated rings. The first-order valence-corrected chi connectivity index (χ1v) is 5.78. The lowest BCUT2D eigenvalue weighted by Gasteiger charge is -2.22. The molecule has 1 rings (SSSR count). The number of nitrogens with two attached hydrogens (primary N) is 1. The van der Waals surface area contributed by atoms with Gasteiger partial charge in [-0.2, -0.15) is 0 Å². The Bertz CT molecular complexity index is 309. The van der Waals surface area contributed by atoms with Crippen molar-refractivity contribution in [3.05, 3.63) is 0 Å². The minimum atomic E-state index is -0.998. The van der Waals surface area contributed by atoms with Gasteiger partial charge in [0.25, 0.3) is 0 Å². The van der Waals surface area contributed by atoms with Crippen LogP contribution in [0.1, 0.15) is 32.1 Å². The largest absolute Gasteiger partial charge is 0.480 e. The topological polar surface area (TPSA) is 109 Å². The summed E-state index contributed by atoms with van der Waals surface area (Å²) in [6, 6.07) is -0.824. The Labute approximate surface area is 99.6 Å². The molecule has 1 amide bonds. The van der Waals surface area contributed by atoms with Crippen LogP contribution in [0.4, 0.5) is 0 Å². The maximum Gasteiger partial charge on any atom is 0.320 e. The lowest BCUT2D eigenvalue weighted by molar-refractivity contribution is -0.138. The van der Waals surface area contributed by atoms with Crippen molar-refractivity contribution < 1.29 is 19.5 Å². The van der Waals surface area contributed by atoms with Crippen LogP contribution in [-0.2, 0) is 14.4 Å². The molecule has 1 atom stereocenters. The molecule has 0 radical (unpaired) electrons. The highest BCUT2D eigenvalue weighted by atomic mass is 16.4. The lowest BCUT2D eigenvalue weighted by Crippen LogP contribution is -2.39. The summed E-state index contributed by atoms with van der Waals surface area (Å²) in [5, 5.41) is 11.3. The average molecular weight is 242 g/mol. The van der Waals surface area contributed by atoms with Crippen molar-refractivity contribution in [3.8, 4) is 0 Å². The molecule has 0 saturated heterocycles. The first-order valence-electron chi connectivity index (χ1n) is 5.78. The highest BCUT2D eigenvalue weighted by molar-refractivity contribution is 5.96. The van der Waals surface area contributed by atoms with Gasteiger partial charge >= 0.3 is 5.97 Å². The predicted octanol–water partition coefficient (Wildman–Crippen LogP) is -0.336. The Balaban J connectivity index is 1.99. The fourth-order valence-electron chi connectivity index (χ4n) is 1.64. The van der Waals surface area contributed by atoms with Gasteiger partial charge in [-0.1, -0.05) is 0 Å². The predicted molar refractivity (Wildman–Crippen MR) is 60.2 cm³/mol. The summed E-state index contributed by atoms with van der Waals surface area (Å²) >= 11 is 0. The van der Waals surface area contributed by atoms with Gasteiger partial charge in [-0.3, -0.25) is 14.4 Å². The molecular formula is C11H18N2O4. The van der Waals surface area contributed by atoms with E-state index in [0.717, 1.165) is 0 Å². The van der Waals surface area contributed by atoms with Crippen LogP contribution in [0.15, 0.2) is 0 Å². The third-order valence-electron chi connectivity index (χ3n) is 2.88. The molecule has 96 valence electrons. The Morgan fingerprint density at radius 3 is 2.59 bits per heavy atom. The molecule has 6 nitrogen and oxygen atoms in total. The van der Waals surface area contributed by atoms with Crippen molar-refractivity contribution >= 4 is 17.7 Å². The second-order valence-electron chi connectivity index (χ2n) is 4.38. The number of carboxylic acid groups (broad SMARTS) is 1. The first-order chi connectivity index (χ1) is 8.00. The van der Waals surface area contributed by atoms with Gasteiger partial charge in [0.15, 0.2) is 0 Å². The fourth-order valence-corrected chi connectivity index (χ4v) is 1.64. The molecule has 0 spiro atoms. The maximum absolute atomic E-state index is 11.4. The molecule has 0 aromatic rings. The summed E-state index contributed by atoms with van der Waals surface area (Å²) in [6.07, 6.45) is 2.49. The number of hydrogen-bond donors (Lipinski definition) is 3. The number of carboxylic acids is 1. The molecule has 0 heterocycles. The van der Waals surface area contributed by atoms with Gasteiger partial charge in [0, 0.05) is 19.4 Å². The van der Waals surface area contributed by atoms with Crippen molar-refractivity contribution in [1.82, 2.24) is 5.32 Å². The van der Waals surface area contributed by atoms with Crippen molar-refractivity contribution in [1.29, 1.82) is 0 Å². The Morgan fingerprint density at radius 2 is 2.06 bits per heavy atom. The molecule has 0 aromatic carbocycles. The average Bonchev–Trinajstić information content (AvgIpc) is 2.23. The van der Waals surface area contributed by atoms with Gasteiger partial charge in [0.05, 0.1) is 5.92 Å². The van der Waals surface area contributed by atoms with Crippen molar-refractivity contribution in [3.63, 3.8) is 0 Å². The van der Waals surface area contributed by atoms with Crippen LogP contribution in [0, 0.1) is 5.92 Å². The number of amides is 1. The van der Waals surface area contributed by atoms with E-state index in [1.54, 1.807) is 0 Å². The molecule has 0 bridgehead atoms. The zero-order chi connectivity index (χ0) is 12.8. The minimum absolute atomic E-state index is 0.0767. The maximum atomic E-state index is 11.4. The fraction of sp³-hybridized carbons (Fsp3) is 0.727. The van der Waals surface area contributed by atoms with E-state index in [2.05, 4.69) is 5.32 Å². The Morgan fingerprint density at radius 1 is 1.41 bits per heavy atom. The summed E-state index contributed by atoms with van der Waals surface area (Å²) in [5.74, 6) is -1.09. The number of ketones is 1. The molecular weight excluding hydrogens is 224 g/mol. The zero-order valence-corrected chi connectivity index (χ0v) is 9.65.